The Labute approximate surface area is 122 Å². The molecule has 1 aromatic rings. The normalized spacial score (nSPS) is 23.7. The Balaban J connectivity index is 2.06. The van der Waals surface area contributed by atoms with Crippen LogP contribution >= 0.6 is 15.9 Å². The molecule has 0 bridgehead atoms. The molecule has 2 unspecified atom stereocenters. The molecule has 1 fully saturated rings. The van der Waals surface area contributed by atoms with Gasteiger partial charge in [-0.2, -0.15) is 0 Å². The summed E-state index contributed by atoms with van der Waals surface area (Å²) in [7, 11) is -3.47. The van der Waals surface area contributed by atoms with E-state index in [0.717, 1.165) is 12.8 Å². The molecule has 0 heterocycles. The van der Waals surface area contributed by atoms with Gasteiger partial charge in [-0.15, -0.1) is 0 Å². The van der Waals surface area contributed by atoms with Crippen LogP contribution in [0.5, 0.6) is 0 Å². The number of sulfonamides is 1. The van der Waals surface area contributed by atoms with Crippen LogP contribution in [0.4, 0.5) is 5.69 Å². The number of rotatable bonds is 4. The Morgan fingerprint density at radius 3 is 2.74 bits per heavy atom. The van der Waals surface area contributed by atoms with E-state index in [1.165, 1.54) is 12.5 Å². The van der Waals surface area contributed by atoms with Crippen molar-refractivity contribution in [2.45, 2.75) is 31.1 Å². The Kier molecular flexibility index (Phi) is 4.53. The van der Waals surface area contributed by atoms with E-state index in [9.17, 15) is 8.42 Å². The summed E-state index contributed by atoms with van der Waals surface area (Å²) in [5, 5.41) is 0. The second kappa shape index (κ2) is 5.81. The minimum absolute atomic E-state index is 0.243. The van der Waals surface area contributed by atoms with E-state index in [0.29, 0.717) is 28.5 Å². The van der Waals surface area contributed by atoms with E-state index in [4.69, 9.17) is 5.73 Å². The van der Waals surface area contributed by atoms with Crippen LogP contribution in [-0.2, 0) is 10.0 Å². The van der Waals surface area contributed by atoms with Gasteiger partial charge < -0.3 is 5.73 Å². The van der Waals surface area contributed by atoms with Crippen LogP contribution in [0.1, 0.15) is 26.2 Å². The molecule has 3 N–H and O–H groups in total. The number of nitrogens with one attached hydrogen (secondary N) is 1. The summed E-state index contributed by atoms with van der Waals surface area (Å²) < 4.78 is 27.6. The molecule has 2 rings (SSSR count). The number of hydrogen-bond donors (Lipinski definition) is 2. The molecule has 0 aromatic heterocycles. The second-order valence-corrected chi connectivity index (χ2v) is 7.92. The van der Waals surface area contributed by atoms with E-state index < -0.39 is 10.0 Å². The van der Waals surface area contributed by atoms with Crippen molar-refractivity contribution in [2.24, 2.45) is 11.8 Å². The van der Waals surface area contributed by atoms with Crippen LogP contribution in [0.25, 0.3) is 0 Å². The number of anilines is 1. The molecule has 1 aromatic carbocycles. The minimum atomic E-state index is -3.47. The van der Waals surface area contributed by atoms with Crippen LogP contribution in [0.2, 0.25) is 0 Å². The molecule has 0 aliphatic heterocycles. The van der Waals surface area contributed by atoms with Crippen molar-refractivity contribution >= 4 is 31.6 Å². The fourth-order valence-corrected chi connectivity index (χ4v) is 4.76. The largest absolute Gasteiger partial charge is 0.399 e. The first kappa shape index (κ1) is 14.8. The number of hydrogen-bond acceptors (Lipinski definition) is 3. The van der Waals surface area contributed by atoms with E-state index in [-0.39, 0.29) is 4.90 Å². The molecule has 0 radical (unpaired) electrons. The first-order valence-electron chi connectivity index (χ1n) is 6.43. The molecule has 0 saturated heterocycles. The SMILES string of the molecule is CC1CCC(CNS(=O)(=O)c2ccc(N)cc2Br)C1. The first-order valence-corrected chi connectivity index (χ1v) is 8.71. The van der Waals surface area contributed by atoms with Crippen LogP contribution in [0.3, 0.4) is 0 Å². The van der Waals surface area contributed by atoms with Gasteiger partial charge in [0, 0.05) is 16.7 Å². The fourth-order valence-electron chi connectivity index (χ4n) is 2.55. The molecule has 0 spiro atoms. The van der Waals surface area contributed by atoms with Gasteiger partial charge in [0.1, 0.15) is 0 Å². The molecule has 6 heteroatoms. The number of halogens is 1. The zero-order valence-electron chi connectivity index (χ0n) is 10.9. The lowest BCUT2D eigenvalue weighted by atomic mass is 10.1. The maximum atomic E-state index is 12.2. The predicted molar refractivity (Wildman–Crippen MR) is 80.2 cm³/mol. The van der Waals surface area contributed by atoms with E-state index >= 15 is 0 Å². The zero-order valence-corrected chi connectivity index (χ0v) is 13.3. The van der Waals surface area contributed by atoms with Crippen LogP contribution in [0.15, 0.2) is 27.6 Å². The second-order valence-electron chi connectivity index (χ2n) is 5.33. The third kappa shape index (κ3) is 3.70. The summed E-state index contributed by atoms with van der Waals surface area (Å²) in [4.78, 5) is 0.243. The quantitative estimate of drug-likeness (QED) is 0.823. The van der Waals surface area contributed by atoms with E-state index in [1.807, 2.05) is 0 Å². The third-order valence-electron chi connectivity index (χ3n) is 3.61. The van der Waals surface area contributed by atoms with Crippen molar-refractivity contribution in [1.82, 2.24) is 4.72 Å². The van der Waals surface area contributed by atoms with Crippen molar-refractivity contribution in [3.05, 3.63) is 22.7 Å². The number of benzene rings is 1. The van der Waals surface area contributed by atoms with Gasteiger partial charge in [0.15, 0.2) is 0 Å². The molecular formula is C13H19BrN2O2S. The van der Waals surface area contributed by atoms with Gasteiger partial charge in [-0.1, -0.05) is 13.3 Å². The number of nitrogens with two attached hydrogens (primary N) is 1. The van der Waals surface area contributed by atoms with E-state index in [2.05, 4.69) is 27.6 Å². The molecule has 4 nitrogen and oxygen atoms in total. The van der Waals surface area contributed by atoms with Crippen LogP contribution in [0, 0.1) is 11.8 Å². The monoisotopic (exact) mass is 346 g/mol. The maximum Gasteiger partial charge on any atom is 0.241 e. The lowest BCUT2D eigenvalue weighted by Crippen LogP contribution is -2.28. The highest BCUT2D eigenvalue weighted by atomic mass is 79.9. The van der Waals surface area contributed by atoms with Gasteiger partial charge in [0.25, 0.3) is 0 Å². The average Bonchev–Trinajstić information content (AvgIpc) is 2.72. The van der Waals surface area contributed by atoms with Crippen molar-refractivity contribution in [3.63, 3.8) is 0 Å². The highest BCUT2D eigenvalue weighted by Crippen LogP contribution is 2.30. The summed E-state index contributed by atoms with van der Waals surface area (Å²) in [5.41, 5.74) is 6.15. The smallest absolute Gasteiger partial charge is 0.241 e. The van der Waals surface area contributed by atoms with E-state index in [1.54, 1.807) is 12.1 Å². The van der Waals surface area contributed by atoms with Gasteiger partial charge in [-0.3, -0.25) is 0 Å². The van der Waals surface area contributed by atoms with Gasteiger partial charge in [0.2, 0.25) is 10.0 Å². The summed E-state index contributed by atoms with van der Waals surface area (Å²) in [6.45, 7) is 2.73. The molecule has 1 saturated carbocycles. The fraction of sp³-hybridized carbons (Fsp3) is 0.538. The predicted octanol–water partition coefficient (Wildman–Crippen LogP) is 2.75. The van der Waals surface area contributed by atoms with Gasteiger partial charge >= 0.3 is 0 Å². The Morgan fingerprint density at radius 1 is 1.42 bits per heavy atom. The maximum absolute atomic E-state index is 12.2. The zero-order chi connectivity index (χ0) is 14.0. The number of nitrogen functional groups attached to an aromatic ring is 1. The molecule has 1 aliphatic carbocycles. The van der Waals surface area contributed by atoms with Gasteiger partial charge in [-0.05, 0) is 58.8 Å². The molecule has 2 atom stereocenters. The molecule has 0 amide bonds. The van der Waals surface area contributed by atoms with Gasteiger partial charge in [-0.25, -0.2) is 13.1 Å². The van der Waals surface area contributed by atoms with Crippen molar-refractivity contribution in [2.75, 3.05) is 12.3 Å². The highest BCUT2D eigenvalue weighted by Gasteiger charge is 2.24. The van der Waals surface area contributed by atoms with Crippen LogP contribution in [-0.4, -0.2) is 15.0 Å². The summed E-state index contributed by atoms with van der Waals surface area (Å²) in [6, 6.07) is 4.72. The summed E-state index contributed by atoms with van der Waals surface area (Å²) in [6.07, 6.45) is 3.40. The highest BCUT2D eigenvalue weighted by molar-refractivity contribution is 9.10. The third-order valence-corrected chi connectivity index (χ3v) is 6.01. The Bertz CT molecular complexity index is 560. The van der Waals surface area contributed by atoms with Crippen molar-refractivity contribution < 1.29 is 8.42 Å². The lowest BCUT2D eigenvalue weighted by molar-refractivity contribution is 0.498. The summed E-state index contributed by atoms with van der Waals surface area (Å²) in [5.74, 6) is 1.16. The van der Waals surface area contributed by atoms with Crippen molar-refractivity contribution in [1.29, 1.82) is 0 Å². The van der Waals surface area contributed by atoms with Crippen LogP contribution < -0.4 is 10.5 Å². The van der Waals surface area contributed by atoms with Gasteiger partial charge in [0.05, 0.1) is 4.90 Å². The topological polar surface area (TPSA) is 72.2 Å². The minimum Gasteiger partial charge on any atom is -0.399 e. The lowest BCUT2D eigenvalue weighted by Gasteiger charge is -2.13. The Morgan fingerprint density at radius 2 is 2.16 bits per heavy atom. The standard InChI is InChI=1S/C13H19BrN2O2S/c1-9-2-3-10(6-9)8-16-19(17,18)13-5-4-11(15)7-12(13)14/h4-5,7,9-10,16H,2-3,6,8,15H2,1H3. The molecule has 19 heavy (non-hydrogen) atoms. The molecular weight excluding hydrogens is 328 g/mol. The summed E-state index contributed by atoms with van der Waals surface area (Å²) >= 11 is 3.25. The molecule has 1 aliphatic rings. The first-order chi connectivity index (χ1) is 8.88. The Hall–Kier alpha value is -0.590. The average molecular weight is 347 g/mol. The van der Waals surface area contributed by atoms with Crippen molar-refractivity contribution in [3.8, 4) is 0 Å². The molecule has 106 valence electrons.